The summed E-state index contributed by atoms with van der Waals surface area (Å²) in [5.74, 6) is 1.13. The largest absolute Gasteiger partial charge is 0.306 e. The Morgan fingerprint density at radius 1 is 1.00 bits per heavy atom. The number of aryl methyl sites for hydroxylation is 1. The van der Waals surface area contributed by atoms with E-state index in [-0.39, 0.29) is 0 Å². The molecule has 1 aromatic rings. The van der Waals surface area contributed by atoms with Crippen LogP contribution in [0.2, 0.25) is 0 Å². The molecule has 20 heavy (non-hydrogen) atoms. The predicted octanol–water partition coefficient (Wildman–Crippen LogP) is 2.95. The number of allylic oxidation sites excluding steroid dienone is 4. The Kier molecular flexibility index (Phi) is 3.72. The Morgan fingerprint density at radius 2 is 1.85 bits per heavy atom. The fraction of sp³-hybridized carbons (Fsp3) is 0.500. The van der Waals surface area contributed by atoms with Crippen molar-refractivity contribution >= 4 is 0 Å². The summed E-state index contributed by atoms with van der Waals surface area (Å²) in [4.78, 5) is 0. The molecule has 0 aromatic carbocycles. The first kappa shape index (κ1) is 13.2. The lowest BCUT2D eigenvalue weighted by molar-refractivity contribution is 0.335. The summed E-state index contributed by atoms with van der Waals surface area (Å²) in [7, 11) is 0. The van der Waals surface area contributed by atoms with Gasteiger partial charge in [-0.2, -0.15) is 10.2 Å². The molecule has 0 amide bonds. The van der Waals surface area contributed by atoms with Crippen LogP contribution < -0.4 is 10.9 Å². The van der Waals surface area contributed by atoms with E-state index in [1.807, 2.05) is 6.92 Å². The maximum Gasteiger partial charge on any atom is 0.0662 e. The molecule has 106 valence electrons. The van der Waals surface area contributed by atoms with Gasteiger partial charge in [-0.1, -0.05) is 6.42 Å². The van der Waals surface area contributed by atoms with E-state index in [1.54, 1.807) is 0 Å². The summed E-state index contributed by atoms with van der Waals surface area (Å²) in [6, 6.07) is 4.21. The Balaban J connectivity index is 1.72. The summed E-state index contributed by atoms with van der Waals surface area (Å²) in [6.45, 7) is 4.05. The standard InChI is InChI=1S/C16H22N4/c1-11-6-8-15(19-17-11)13-4-3-5-14(10-13)16-9-7-12(2)18-20-16/h6-9,13-14,17,19H,3-5,10H2,1-2H3/t13-,14-/m0/s1. The highest BCUT2D eigenvalue weighted by atomic mass is 15.4. The Hall–Kier alpha value is -1.84. The minimum Gasteiger partial charge on any atom is -0.306 e. The fourth-order valence-electron chi connectivity index (χ4n) is 3.07. The van der Waals surface area contributed by atoms with Gasteiger partial charge in [-0.25, -0.2) is 0 Å². The molecule has 1 aliphatic carbocycles. The van der Waals surface area contributed by atoms with Crippen molar-refractivity contribution in [2.24, 2.45) is 5.92 Å². The van der Waals surface area contributed by atoms with Crippen molar-refractivity contribution in [2.75, 3.05) is 0 Å². The zero-order valence-electron chi connectivity index (χ0n) is 12.2. The van der Waals surface area contributed by atoms with Crippen molar-refractivity contribution in [2.45, 2.75) is 45.4 Å². The summed E-state index contributed by atoms with van der Waals surface area (Å²) in [5, 5.41) is 8.58. The van der Waals surface area contributed by atoms with Gasteiger partial charge >= 0.3 is 0 Å². The lowest BCUT2D eigenvalue weighted by Gasteiger charge is -2.32. The van der Waals surface area contributed by atoms with Crippen molar-refractivity contribution in [3.8, 4) is 0 Å². The lowest BCUT2D eigenvalue weighted by atomic mass is 9.78. The van der Waals surface area contributed by atoms with E-state index in [4.69, 9.17) is 0 Å². The minimum absolute atomic E-state index is 0.538. The molecule has 2 heterocycles. The molecule has 1 aromatic heterocycles. The van der Waals surface area contributed by atoms with Gasteiger partial charge in [0.2, 0.25) is 0 Å². The molecule has 0 saturated heterocycles. The molecule has 3 rings (SSSR count). The first-order valence-corrected chi connectivity index (χ1v) is 7.43. The van der Waals surface area contributed by atoms with Crippen molar-refractivity contribution in [3.63, 3.8) is 0 Å². The molecular weight excluding hydrogens is 248 g/mol. The van der Waals surface area contributed by atoms with Gasteiger partial charge in [-0.05, 0) is 57.4 Å². The average Bonchev–Trinajstić information content (AvgIpc) is 2.49. The first-order chi connectivity index (χ1) is 9.72. The predicted molar refractivity (Wildman–Crippen MR) is 79.6 cm³/mol. The molecule has 1 aliphatic heterocycles. The molecule has 0 radical (unpaired) electrons. The third-order valence-corrected chi connectivity index (χ3v) is 4.27. The van der Waals surface area contributed by atoms with E-state index in [2.05, 4.69) is 52.3 Å². The van der Waals surface area contributed by atoms with Crippen molar-refractivity contribution in [3.05, 3.63) is 47.1 Å². The molecule has 0 spiro atoms. The zero-order chi connectivity index (χ0) is 13.9. The quantitative estimate of drug-likeness (QED) is 0.867. The van der Waals surface area contributed by atoms with Crippen molar-refractivity contribution in [1.82, 2.24) is 21.0 Å². The van der Waals surface area contributed by atoms with Crippen LogP contribution in [0.5, 0.6) is 0 Å². The molecule has 0 unspecified atom stereocenters. The average molecular weight is 270 g/mol. The van der Waals surface area contributed by atoms with Crippen molar-refractivity contribution < 1.29 is 0 Å². The highest BCUT2D eigenvalue weighted by Crippen LogP contribution is 2.38. The van der Waals surface area contributed by atoms with Crippen LogP contribution in [0.25, 0.3) is 0 Å². The molecule has 2 atom stereocenters. The van der Waals surface area contributed by atoms with Gasteiger partial charge in [0.15, 0.2) is 0 Å². The second-order valence-electron chi connectivity index (χ2n) is 5.88. The normalized spacial score (nSPS) is 26.1. The van der Waals surface area contributed by atoms with Gasteiger partial charge in [0, 0.05) is 23.2 Å². The smallest absolute Gasteiger partial charge is 0.0662 e. The second-order valence-corrected chi connectivity index (χ2v) is 5.88. The van der Waals surface area contributed by atoms with Crippen LogP contribution in [0.3, 0.4) is 0 Å². The SMILES string of the molecule is CC1=CC=C([C@H]2CCC[C@H](c3ccc(C)nn3)C2)NN1. The highest BCUT2D eigenvalue weighted by Gasteiger charge is 2.27. The number of hydrogen-bond acceptors (Lipinski definition) is 4. The summed E-state index contributed by atoms with van der Waals surface area (Å²) in [6.07, 6.45) is 9.24. The molecule has 2 N–H and O–H groups in total. The van der Waals surface area contributed by atoms with E-state index in [0.29, 0.717) is 11.8 Å². The van der Waals surface area contributed by atoms with Gasteiger partial charge < -0.3 is 10.9 Å². The molecule has 1 fully saturated rings. The summed E-state index contributed by atoms with van der Waals surface area (Å²) < 4.78 is 0. The number of hydrogen-bond donors (Lipinski definition) is 2. The van der Waals surface area contributed by atoms with Crippen LogP contribution in [0.4, 0.5) is 0 Å². The van der Waals surface area contributed by atoms with Gasteiger partial charge in [0.1, 0.15) is 0 Å². The third kappa shape index (κ3) is 2.84. The second kappa shape index (κ2) is 5.65. The van der Waals surface area contributed by atoms with E-state index in [1.165, 1.54) is 25.0 Å². The number of rotatable bonds is 2. The zero-order valence-corrected chi connectivity index (χ0v) is 12.2. The Bertz CT molecular complexity index is 530. The monoisotopic (exact) mass is 270 g/mol. The van der Waals surface area contributed by atoms with E-state index >= 15 is 0 Å². The molecule has 0 bridgehead atoms. The van der Waals surface area contributed by atoms with E-state index < -0.39 is 0 Å². The summed E-state index contributed by atoms with van der Waals surface area (Å²) >= 11 is 0. The third-order valence-electron chi connectivity index (χ3n) is 4.27. The van der Waals surface area contributed by atoms with Crippen LogP contribution in [0.1, 0.15) is 49.9 Å². The number of aromatic nitrogens is 2. The fourth-order valence-corrected chi connectivity index (χ4v) is 3.07. The molecule has 1 saturated carbocycles. The minimum atomic E-state index is 0.538. The van der Waals surface area contributed by atoms with Crippen LogP contribution in [0, 0.1) is 12.8 Å². The number of nitrogens with zero attached hydrogens (tertiary/aromatic N) is 2. The topological polar surface area (TPSA) is 49.8 Å². The van der Waals surface area contributed by atoms with Gasteiger partial charge in [-0.15, -0.1) is 0 Å². The lowest BCUT2D eigenvalue weighted by Crippen LogP contribution is -2.36. The van der Waals surface area contributed by atoms with Crippen LogP contribution in [-0.4, -0.2) is 10.2 Å². The molecule has 2 aliphatic rings. The Labute approximate surface area is 120 Å². The molecule has 4 heteroatoms. The Morgan fingerprint density at radius 3 is 2.55 bits per heavy atom. The van der Waals surface area contributed by atoms with E-state index in [9.17, 15) is 0 Å². The molecular formula is C16H22N4. The highest BCUT2D eigenvalue weighted by molar-refractivity contribution is 5.22. The van der Waals surface area contributed by atoms with Gasteiger partial charge in [0.25, 0.3) is 0 Å². The van der Waals surface area contributed by atoms with Crippen molar-refractivity contribution in [1.29, 1.82) is 0 Å². The van der Waals surface area contributed by atoms with Crippen LogP contribution in [0.15, 0.2) is 35.7 Å². The first-order valence-electron chi connectivity index (χ1n) is 7.43. The number of hydrazine groups is 1. The van der Waals surface area contributed by atoms with Crippen LogP contribution in [-0.2, 0) is 0 Å². The van der Waals surface area contributed by atoms with Gasteiger partial charge in [0.05, 0.1) is 11.4 Å². The maximum absolute atomic E-state index is 4.38. The number of nitrogens with one attached hydrogen (secondary N) is 2. The maximum atomic E-state index is 4.38. The van der Waals surface area contributed by atoms with Crippen LogP contribution >= 0.6 is 0 Å². The van der Waals surface area contributed by atoms with E-state index in [0.717, 1.165) is 23.5 Å². The molecule has 4 nitrogen and oxygen atoms in total. The van der Waals surface area contributed by atoms with Gasteiger partial charge in [-0.3, -0.25) is 0 Å². The summed E-state index contributed by atoms with van der Waals surface area (Å²) in [5.41, 5.74) is 11.1.